The molecule has 2 rings (SSSR count). The number of nitrogens with one attached hydrogen (secondary N) is 1. The van der Waals surface area contributed by atoms with Crippen LogP contribution in [0.25, 0.3) is 0 Å². The van der Waals surface area contributed by atoms with E-state index >= 15 is 0 Å². The summed E-state index contributed by atoms with van der Waals surface area (Å²) in [4.78, 5) is 26.1. The van der Waals surface area contributed by atoms with Crippen LogP contribution in [0.5, 0.6) is 0 Å². The summed E-state index contributed by atoms with van der Waals surface area (Å²) in [5.41, 5.74) is 0.198. The SMILES string of the molecule is CCC(C)C1NC(=O)CN(CC2(CCOC)CC2)C1=O. The van der Waals surface area contributed by atoms with Crippen molar-refractivity contribution in [2.24, 2.45) is 11.3 Å². The van der Waals surface area contributed by atoms with Gasteiger partial charge in [-0.15, -0.1) is 0 Å². The van der Waals surface area contributed by atoms with E-state index < -0.39 is 0 Å². The summed E-state index contributed by atoms with van der Waals surface area (Å²) >= 11 is 0. The molecular formula is C15H26N2O3. The minimum atomic E-state index is -0.348. The first-order valence-electron chi connectivity index (χ1n) is 7.58. The Morgan fingerprint density at radius 3 is 2.70 bits per heavy atom. The van der Waals surface area contributed by atoms with Gasteiger partial charge >= 0.3 is 0 Å². The number of methoxy groups -OCH3 is 1. The van der Waals surface area contributed by atoms with Crippen LogP contribution < -0.4 is 5.32 Å². The predicted molar refractivity (Wildman–Crippen MR) is 76.1 cm³/mol. The van der Waals surface area contributed by atoms with E-state index in [1.165, 1.54) is 0 Å². The lowest BCUT2D eigenvalue weighted by Crippen LogP contribution is -2.61. The van der Waals surface area contributed by atoms with Gasteiger partial charge in [0.25, 0.3) is 0 Å². The fourth-order valence-electron chi connectivity index (χ4n) is 2.87. The number of hydrogen-bond acceptors (Lipinski definition) is 3. The van der Waals surface area contributed by atoms with Gasteiger partial charge in [0.15, 0.2) is 0 Å². The van der Waals surface area contributed by atoms with Crippen LogP contribution in [0.15, 0.2) is 0 Å². The molecule has 1 aliphatic carbocycles. The third-order valence-corrected chi connectivity index (χ3v) is 4.76. The molecule has 5 heteroatoms. The van der Waals surface area contributed by atoms with Crippen molar-refractivity contribution in [1.82, 2.24) is 10.2 Å². The van der Waals surface area contributed by atoms with E-state index in [0.717, 1.165) is 32.3 Å². The normalized spacial score (nSPS) is 26.4. The van der Waals surface area contributed by atoms with Crippen molar-refractivity contribution in [1.29, 1.82) is 0 Å². The van der Waals surface area contributed by atoms with E-state index in [0.29, 0.717) is 6.54 Å². The van der Waals surface area contributed by atoms with Gasteiger partial charge < -0.3 is 15.0 Å². The van der Waals surface area contributed by atoms with Crippen molar-refractivity contribution in [3.05, 3.63) is 0 Å². The number of hydrogen-bond donors (Lipinski definition) is 1. The highest BCUT2D eigenvalue weighted by molar-refractivity contribution is 5.95. The van der Waals surface area contributed by atoms with Gasteiger partial charge in [0.05, 0.1) is 6.54 Å². The third kappa shape index (κ3) is 3.32. The molecule has 0 radical (unpaired) electrons. The topological polar surface area (TPSA) is 58.6 Å². The quantitative estimate of drug-likeness (QED) is 0.763. The Labute approximate surface area is 121 Å². The van der Waals surface area contributed by atoms with Crippen LogP contribution in [0.2, 0.25) is 0 Å². The second-order valence-corrected chi connectivity index (χ2v) is 6.37. The average Bonchev–Trinajstić information content (AvgIpc) is 3.19. The summed E-state index contributed by atoms with van der Waals surface area (Å²) in [6.07, 6.45) is 4.13. The molecule has 0 aromatic heterocycles. The van der Waals surface area contributed by atoms with Crippen molar-refractivity contribution in [3.63, 3.8) is 0 Å². The largest absolute Gasteiger partial charge is 0.385 e. The van der Waals surface area contributed by atoms with Crippen LogP contribution in [-0.2, 0) is 14.3 Å². The number of carbonyl (C=O) groups is 2. The molecule has 1 saturated heterocycles. The van der Waals surface area contributed by atoms with Crippen LogP contribution in [0.1, 0.15) is 39.5 Å². The first kappa shape index (κ1) is 15.3. The summed E-state index contributed by atoms with van der Waals surface area (Å²) in [7, 11) is 1.70. The summed E-state index contributed by atoms with van der Waals surface area (Å²) in [5, 5.41) is 2.84. The molecule has 1 heterocycles. The first-order chi connectivity index (χ1) is 9.51. The molecular weight excluding hydrogens is 256 g/mol. The molecule has 114 valence electrons. The molecule has 1 N–H and O–H groups in total. The van der Waals surface area contributed by atoms with Crippen LogP contribution in [0.3, 0.4) is 0 Å². The maximum absolute atomic E-state index is 12.5. The van der Waals surface area contributed by atoms with Gasteiger partial charge in [-0.1, -0.05) is 20.3 Å². The molecule has 0 aromatic rings. The highest BCUT2D eigenvalue weighted by atomic mass is 16.5. The Hall–Kier alpha value is -1.10. The molecule has 2 fully saturated rings. The minimum absolute atomic E-state index is 0.0301. The van der Waals surface area contributed by atoms with E-state index in [4.69, 9.17) is 4.74 Å². The Morgan fingerprint density at radius 1 is 1.45 bits per heavy atom. The monoisotopic (exact) mass is 282 g/mol. The lowest BCUT2D eigenvalue weighted by molar-refractivity contribution is -0.146. The van der Waals surface area contributed by atoms with Gasteiger partial charge in [0.1, 0.15) is 6.04 Å². The van der Waals surface area contributed by atoms with Gasteiger partial charge in [-0.25, -0.2) is 0 Å². The highest BCUT2D eigenvalue weighted by Gasteiger charge is 2.46. The van der Waals surface area contributed by atoms with Gasteiger partial charge in [0.2, 0.25) is 11.8 Å². The van der Waals surface area contributed by atoms with E-state index in [2.05, 4.69) is 5.32 Å². The van der Waals surface area contributed by atoms with Crippen LogP contribution >= 0.6 is 0 Å². The summed E-state index contributed by atoms with van der Waals surface area (Å²) in [6, 6.07) is -0.348. The number of ether oxygens (including phenoxy) is 1. The second kappa shape index (κ2) is 6.12. The van der Waals surface area contributed by atoms with Gasteiger partial charge in [-0.3, -0.25) is 9.59 Å². The van der Waals surface area contributed by atoms with E-state index in [9.17, 15) is 9.59 Å². The fraction of sp³-hybridized carbons (Fsp3) is 0.867. The van der Waals surface area contributed by atoms with Crippen LogP contribution in [-0.4, -0.2) is 49.6 Å². The van der Waals surface area contributed by atoms with E-state index in [-0.39, 0.29) is 35.7 Å². The number of piperazine rings is 1. The molecule has 0 bridgehead atoms. The maximum Gasteiger partial charge on any atom is 0.245 e. The number of nitrogens with zero attached hydrogens (tertiary/aromatic N) is 1. The molecule has 2 amide bonds. The lowest BCUT2D eigenvalue weighted by atomic mass is 9.94. The van der Waals surface area contributed by atoms with Gasteiger partial charge in [-0.05, 0) is 30.6 Å². The van der Waals surface area contributed by atoms with E-state index in [1.54, 1.807) is 12.0 Å². The predicted octanol–water partition coefficient (Wildman–Crippen LogP) is 1.18. The van der Waals surface area contributed by atoms with Crippen molar-refractivity contribution >= 4 is 11.8 Å². The summed E-state index contributed by atoms with van der Waals surface area (Å²) in [5.74, 6) is 0.239. The Bertz CT molecular complexity index is 379. The van der Waals surface area contributed by atoms with Crippen LogP contribution in [0, 0.1) is 11.3 Å². The molecule has 0 spiro atoms. The molecule has 5 nitrogen and oxygen atoms in total. The standard InChI is InChI=1S/C15H26N2O3/c1-4-11(2)13-14(19)17(9-12(18)16-13)10-15(5-6-15)7-8-20-3/h11,13H,4-10H2,1-3H3,(H,16,18). The number of amides is 2. The lowest BCUT2D eigenvalue weighted by Gasteiger charge is -2.37. The third-order valence-electron chi connectivity index (χ3n) is 4.76. The second-order valence-electron chi connectivity index (χ2n) is 6.37. The Morgan fingerprint density at radius 2 is 2.15 bits per heavy atom. The van der Waals surface area contributed by atoms with Crippen molar-refractivity contribution in [2.45, 2.75) is 45.6 Å². The van der Waals surface area contributed by atoms with Gasteiger partial charge in [0, 0.05) is 20.3 Å². The molecule has 2 aliphatic rings. The minimum Gasteiger partial charge on any atom is -0.385 e. The van der Waals surface area contributed by atoms with Crippen LogP contribution in [0.4, 0.5) is 0 Å². The zero-order chi connectivity index (χ0) is 14.8. The summed E-state index contributed by atoms with van der Waals surface area (Å²) < 4.78 is 5.15. The Kier molecular flexibility index (Phi) is 4.68. The number of rotatable bonds is 7. The molecule has 2 atom stereocenters. The number of carbonyl (C=O) groups excluding carboxylic acids is 2. The smallest absolute Gasteiger partial charge is 0.245 e. The van der Waals surface area contributed by atoms with Crippen molar-refractivity contribution < 1.29 is 14.3 Å². The molecule has 1 aliphatic heterocycles. The molecule has 0 aromatic carbocycles. The van der Waals surface area contributed by atoms with Crippen molar-refractivity contribution in [3.8, 4) is 0 Å². The molecule has 20 heavy (non-hydrogen) atoms. The average molecular weight is 282 g/mol. The maximum atomic E-state index is 12.5. The zero-order valence-corrected chi connectivity index (χ0v) is 12.8. The molecule has 2 unspecified atom stereocenters. The highest BCUT2D eigenvalue weighted by Crippen LogP contribution is 2.49. The Balaban J connectivity index is 2.00. The first-order valence-corrected chi connectivity index (χ1v) is 7.58. The van der Waals surface area contributed by atoms with Crippen molar-refractivity contribution in [2.75, 3.05) is 26.8 Å². The van der Waals surface area contributed by atoms with Gasteiger partial charge in [-0.2, -0.15) is 0 Å². The fourth-order valence-corrected chi connectivity index (χ4v) is 2.87. The zero-order valence-electron chi connectivity index (χ0n) is 12.8. The molecule has 1 saturated carbocycles. The summed E-state index contributed by atoms with van der Waals surface area (Å²) in [6.45, 7) is 5.70. The van der Waals surface area contributed by atoms with E-state index in [1.807, 2.05) is 13.8 Å².